The molecule has 6 heteroatoms. The molecule has 3 rings (SSSR count). The van der Waals surface area contributed by atoms with Crippen LogP contribution in [0.2, 0.25) is 0 Å². The summed E-state index contributed by atoms with van der Waals surface area (Å²) in [5.74, 6) is 0.715. The molecule has 0 N–H and O–H groups in total. The molecular weight excluding hydrogens is 338 g/mol. The smallest absolute Gasteiger partial charge is 0.339 e. The molecule has 0 unspecified atom stereocenters. The first kappa shape index (κ1) is 17.5. The first-order chi connectivity index (χ1) is 11.9. The lowest BCUT2D eigenvalue weighted by molar-refractivity contribution is -0.117. The van der Waals surface area contributed by atoms with Crippen LogP contribution in [0.1, 0.15) is 38.2 Å². The van der Waals surface area contributed by atoms with E-state index >= 15 is 0 Å². The Labute approximate surface area is 148 Å². The van der Waals surface area contributed by atoms with Crippen LogP contribution in [0.25, 0.3) is 0 Å². The molecule has 5 nitrogen and oxygen atoms in total. The van der Waals surface area contributed by atoms with Crippen molar-refractivity contribution in [3.8, 4) is 5.75 Å². The number of carbonyl (C=O) groups excluding carboxylic acids is 1. The third kappa shape index (κ3) is 3.85. The van der Waals surface area contributed by atoms with Gasteiger partial charge in [0.1, 0.15) is 10.6 Å². The van der Waals surface area contributed by atoms with Gasteiger partial charge in [-0.2, -0.15) is 8.42 Å². The normalized spacial score (nSPS) is 15.0. The van der Waals surface area contributed by atoms with Crippen LogP contribution < -0.4 is 9.08 Å². The van der Waals surface area contributed by atoms with Crippen molar-refractivity contribution >= 4 is 21.7 Å². The number of nitrogens with zero attached hydrogens (tertiary/aromatic N) is 1. The monoisotopic (exact) mass is 359 g/mol. The van der Waals surface area contributed by atoms with Crippen LogP contribution in [0.5, 0.6) is 5.75 Å². The Hall–Kier alpha value is -2.34. The maximum Gasteiger partial charge on any atom is 0.339 e. The number of carbonyl (C=O) groups is 1. The molecule has 0 saturated carbocycles. The highest BCUT2D eigenvalue weighted by Gasteiger charge is 2.23. The largest absolute Gasteiger partial charge is 0.379 e. The van der Waals surface area contributed by atoms with Crippen molar-refractivity contribution in [2.24, 2.45) is 0 Å². The van der Waals surface area contributed by atoms with Crippen molar-refractivity contribution in [1.29, 1.82) is 0 Å². The first-order valence-electron chi connectivity index (χ1n) is 8.32. The third-order valence-electron chi connectivity index (χ3n) is 4.26. The molecule has 1 heterocycles. The maximum absolute atomic E-state index is 12.4. The van der Waals surface area contributed by atoms with Crippen molar-refractivity contribution in [2.75, 3.05) is 11.4 Å². The number of benzene rings is 2. The average molecular weight is 359 g/mol. The highest BCUT2D eigenvalue weighted by atomic mass is 32.2. The Morgan fingerprint density at radius 3 is 2.16 bits per heavy atom. The van der Waals surface area contributed by atoms with E-state index in [2.05, 4.69) is 13.8 Å². The molecule has 2 aromatic carbocycles. The lowest BCUT2D eigenvalue weighted by atomic mass is 10.0. The van der Waals surface area contributed by atoms with Gasteiger partial charge in [0.15, 0.2) is 0 Å². The fourth-order valence-corrected chi connectivity index (χ4v) is 3.73. The van der Waals surface area contributed by atoms with Gasteiger partial charge in [0.2, 0.25) is 5.91 Å². The van der Waals surface area contributed by atoms with Crippen LogP contribution in [-0.2, 0) is 14.9 Å². The zero-order valence-corrected chi connectivity index (χ0v) is 15.1. The molecule has 0 aromatic heterocycles. The second-order valence-corrected chi connectivity index (χ2v) is 7.95. The van der Waals surface area contributed by atoms with Crippen molar-refractivity contribution in [2.45, 2.75) is 37.5 Å². The lowest BCUT2D eigenvalue weighted by Crippen LogP contribution is -2.23. The van der Waals surface area contributed by atoms with Crippen molar-refractivity contribution < 1.29 is 17.4 Å². The maximum atomic E-state index is 12.4. The predicted molar refractivity (Wildman–Crippen MR) is 96.4 cm³/mol. The molecule has 1 amide bonds. The van der Waals surface area contributed by atoms with Gasteiger partial charge in [-0.3, -0.25) is 4.79 Å². The minimum atomic E-state index is -3.90. The SMILES string of the molecule is CC(C)c1ccc(OS(=O)(=O)c2ccc(N3CCCC3=O)cc2)cc1. The van der Waals surface area contributed by atoms with Crippen LogP contribution >= 0.6 is 0 Å². The van der Waals surface area contributed by atoms with E-state index < -0.39 is 10.1 Å². The molecule has 1 saturated heterocycles. The molecule has 25 heavy (non-hydrogen) atoms. The van der Waals surface area contributed by atoms with Gasteiger partial charge in [0.25, 0.3) is 0 Å². The number of amides is 1. The second-order valence-electron chi connectivity index (χ2n) is 6.40. The minimum Gasteiger partial charge on any atom is -0.379 e. The zero-order valence-electron chi connectivity index (χ0n) is 14.3. The second kappa shape index (κ2) is 6.88. The summed E-state index contributed by atoms with van der Waals surface area (Å²) in [5, 5.41) is 0. The molecule has 1 aliphatic rings. The summed E-state index contributed by atoms with van der Waals surface area (Å²) < 4.78 is 30.0. The summed E-state index contributed by atoms with van der Waals surface area (Å²) in [5.41, 5.74) is 1.83. The summed E-state index contributed by atoms with van der Waals surface area (Å²) in [6, 6.07) is 13.3. The summed E-state index contributed by atoms with van der Waals surface area (Å²) in [4.78, 5) is 13.5. The Morgan fingerprint density at radius 2 is 1.64 bits per heavy atom. The average Bonchev–Trinajstić information content (AvgIpc) is 3.01. The van der Waals surface area contributed by atoms with Crippen LogP contribution in [-0.4, -0.2) is 20.9 Å². The predicted octanol–water partition coefficient (Wildman–Crippen LogP) is 3.70. The molecular formula is C19H21NO4S. The Morgan fingerprint density at radius 1 is 1.00 bits per heavy atom. The number of hydrogen-bond acceptors (Lipinski definition) is 4. The molecule has 0 aliphatic carbocycles. The highest BCUT2D eigenvalue weighted by molar-refractivity contribution is 7.87. The van der Waals surface area contributed by atoms with E-state index in [1.54, 1.807) is 29.2 Å². The quantitative estimate of drug-likeness (QED) is 0.764. The van der Waals surface area contributed by atoms with Gasteiger partial charge >= 0.3 is 10.1 Å². The molecule has 0 radical (unpaired) electrons. The van der Waals surface area contributed by atoms with Crippen LogP contribution in [0.15, 0.2) is 53.4 Å². The van der Waals surface area contributed by atoms with Gasteiger partial charge in [-0.05, 0) is 54.3 Å². The fraction of sp³-hybridized carbons (Fsp3) is 0.316. The summed E-state index contributed by atoms with van der Waals surface area (Å²) in [6.07, 6.45) is 1.36. The van der Waals surface area contributed by atoms with E-state index in [1.165, 1.54) is 12.1 Å². The van der Waals surface area contributed by atoms with E-state index in [4.69, 9.17) is 4.18 Å². The lowest BCUT2D eigenvalue weighted by Gasteiger charge is -2.16. The molecule has 0 atom stereocenters. The van der Waals surface area contributed by atoms with E-state index in [-0.39, 0.29) is 16.6 Å². The molecule has 1 fully saturated rings. The van der Waals surface area contributed by atoms with Crippen LogP contribution in [0, 0.1) is 0 Å². The summed E-state index contributed by atoms with van der Waals surface area (Å²) >= 11 is 0. The van der Waals surface area contributed by atoms with Gasteiger partial charge in [0.05, 0.1) is 0 Å². The number of hydrogen-bond donors (Lipinski definition) is 0. The topological polar surface area (TPSA) is 63.7 Å². The Bertz CT molecular complexity index is 855. The molecule has 2 aromatic rings. The van der Waals surface area contributed by atoms with E-state index in [9.17, 15) is 13.2 Å². The van der Waals surface area contributed by atoms with Gasteiger partial charge in [0, 0.05) is 18.7 Å². The molecule has 0 spiro atoms. The zero-order chi connectivity index (χ0) is 18.0. The third-order valence-corrected chi connectivity index (χ3v) is 5.52. The van der Waals surface area contributed by atoms with Crippen molar-refractivity contribution in [3.05, 3.63) is 54.1 Å². The standard InChI is InChI=1S/C19H21NO4S/c1-14(2)15-5-9-17(10-6-15)24-25(22,23)18-11-7-16(8-12-18)20-13-3-4-19(20)21/h5-12,14H,3-4,13H2,1-2H3. The molecule has 0 bridgehead atoms. The first-order valence-corrected chi connectivity index (χ1v) is 9.72. The number of anilines is 1. The Balaban J connectivity index is 1.76. The van der Waals surface area contributed by atoms with Gasteiger partial charge < -0.3 is 9.08 Å². The highest BCUT2D eigenvalue weighted by Crippen LogP contribution is 2.25. The number of rotatable bonds is 5. The van der Waals surface area contributed by atoms with Crippen LogP contribution in [0.4, 0.5) is 5.69 Å². The Kier molecular flexibility index (Phi) is 4.81. The minimum absolute atomic E-state index is 0.0656. The van der Waals surface area contributed by atoms with Gasteiger partial charge in [-0.1, -0.05) is 26.0 Å². The van der Waals surface area contributed by atoms with Gasteiger partial charge in [-0.15, -0.1) is 0 Å². The van der Waals surface area contributed by atoms with E-state index in [0.717, 1.165) is 12.0 Å². The van der Waals surface area contributed by atoms with E-state index in [0.29, 0.717) is 24.6 Å². The van der Waals surface area contributed by atoms with Crippen LogP contribution in [0.3, 0.4) is 0 Å². The summed E-state index contributed by atoms with van der Waals surface area (Å²) in [6.45, 7) is 4.81. The van der Waals surface area contributed by atoms with Gasteiger partial charge in [-0.25, -0.2) is 0 Å². The molecule has 1 aliphatic heterocycles. The van der Waals surface area contributed by atoms with Crippen molar-refractivity contribution in [1.82, 2.24) is 0 Å². The van der Waals surface area contributed by atoms with Crippen molar-refractivity contribution in [3.63, 3.8) is 0 Å². The molecule has 132 valence electrons. The summed E-state index contributed by atoms with van der Waals surface area (Å²) in [7, 11) is -3.90. The van der Waals surface area contributed by atoms with E-state index in [1.807, 2.05) is 12.1 Å². The fourth-order valence-electron chi connectivity index (χ4n) is 2.80.